The molecule has 1 N–H and O–H groups in total. The third kappa shape index (κ3) is 5.24. The maximum Gasteiger partial charge on any atom is 0.331 e. The Kier molecular flexibility index (Phi) is 5.58. The van der Waals surface area contributed by atoms with Gasteiger partial charge in [-0.2, -0.15) is 0 Å². The molecule has 1 aromatic carbocycles. The molecule has 0 spiro atoms. The standard InChI is InChI=1S/C19H23NO5/c1-13(15-5-6-15)20-18(21)12-25-19(22)8-4-14-3-7-16-17(11-14)24-10-2-9-23-16/h3-4,7-8,11,13,15H,2,5-6,9-10,12H2,1H3,(H,20,21)/b8-4+/t13-/m1/s1. The molecule has 3 rings (SSSR count). The van der Waals surface area contributed by atoms with Crippen molar-refractivity contribution in [3.05, 3.63) is 29.8 Å². The van der Waals surface area contributed by atoms with E-state index in [1.807, 2.05) is 25.1 Å². The quantitative estimate of drug-likeness (QED) is 0.633. The Balaban J connectivity index is 1.47. The van der Waals surface area contributed by atoms with Crippen LogP contribution < -0.4 is 14.8 Å². The van der Waals surface area contributed by atoms with Crippen molar-refractivity contribution in [2.75, 3.05) is 19.8 Å². The zero-order valence-corrected chi connectivity index (χ0v) is 14.3. The number of amides is 1. The van der Waals surface area contributed by atoms with E-state index in [1.54, 1.807) is 6.08 Å². The molecule has 0 saturated heterocycles. The van der Waals surface area contributed by atoms with Gasteiger partial charge in [-0.05, 0) is 49.5 Å². The second-order valence-corrected chi connectivity index (χ2v) is 6.39. The maximum atomic E-state index is 11.8. The van der Waals surface area contributed by atoms with E-state index in [2.05, 4.69) is 5.32 Å². The van der Waals surface area contributed by atoms with E-state index in [0.717, 1.165) is 24.8 Å². The summed E-state index contributed by atoms with van der Waals surface area (Å²) in [6.07, 6.45) is 6.07. The minimum atomic E-state index is -0.554. The van der Waals surface area contributed by atoms with Gasteiger partial charge in [0.2, 0.25) is 0 Å². The molecule has 0 unspecified atom stereocenters. The van der Waals surface area contributed by atoms with Gasteiger partial charge in [-0.15, -0.1) is 0 Å². The van der Waals surface area contributed by atoms with Crippen LogP contribution in [0.3, 0.4) is 0 Å². The van der Waals surface area contributed by atoms with E-state index < -0.39 is 5.97 Å². The van der Waals surface area contributed by atoms with Gasteiger partial charge >= 0.3 is 5.97 Å². The fourth-order valence-electron chi connectivity index (χ4n) is 2.64. The van der Waals surface area contributed by atoms with Crippen molar-refractivity contribution < 1.29 is 23.8 Å². The van der Waals surface area contributed by atoms with Gasteiger partial charge < -0.3 is 19.5 Å². The van der Waals surface area contributed by atoms with E-state index in [9.17, 15) is 9.59 Å². The molecule has 25 heavy (non-hydrogen) atoms. The van der Waals surface area contributed by atoms with Crippen LogP contribution in [0.1, 0.15) is 31.7 Å². The number of carbonyl (C=O) groups excluding carboxylic acids is 2. The summed E-state index contributed by atoms with van der Waals surface area (Å²) in [6.45, 7) is 2.95. The van der Waals surface area contributed by atoms with Gasteiger partial charge in [0.05, 0.1) is 13.2 Å². The summed E-state index contributed by atoms with van der Waals surface area (Å²) in [4.78, 5) is 23.5. The number of hydrogen-bond acceptors (Lipinski definition) is 5. The highest BCUT2D eigenvalue weighted by molar-refractivity contribution is 5.89. The molecule has 0 radical (unpaired) electrons. The van der Waals surface area contributed by atoms with Gasteiger partial charge in [0.15, 0.2) is 18.1 Å². The first kappa shape index (κ1) is 17.3. The van der Waals surface area contributed by atoms with Crippen molar-refractivity contribution in [3.63, 3.8) is 0 Å². The van der Waals surface area contributed by atoms with Gasteiger partial charge in [-0.1, -0.05) is 6.07 Å². The van der Waals surface area contributed by atoms with Gasteiger partial charge in [0, 0.05) is 18.5 Å². The first-order valence-corrected chi connectivity index (χ1v) is 8.65. The number of nitrogens with one attached hydrogen (secondary N) is 1. The predicted octanol–water partition coefficient (Wildman–Crippen LogP) is 2.32. The molecular formula is C19H23NO5. The fraction of sp³-hybridized carbons (Fsp3) is 0.474. The molecular weight excluding hydrogens is 322 g/mol. The number of benzene rings is 1. The number of carbonyl (C=O) groups is 2. The molecule has 1 fully saturated rings. The summed E-state index contributed by atoms with van der Waals surface area (Å²) >= 11 is 0. The largest absolute Gasteiger partial charge is 0.490 e. The second-order valence-electron chi connectivity index (χ2n) is 6.39. The number of fused-ring (bicyclic) bond motifs is 1. The number of hydrogen-bond donors (Lipinski definition) is 1. The minimum Gasteiger partial charge on any atom is -0.490 e. The fourth-order valence-corrected chi connectivity index (χ4v) is 2.64. The van der Waals surface area contributed by atoms with Gasteiger partial charge in [-0.25, -0.2) is 4.79 Å². The lowest BCUT2D eigenvalue weighted by molar-refractivity contribution is -0.144. The summed E-state index contributed by atoms with van der Waals surface area (Å²) in [5.41, 5.74) is 0.799. The first-order valence-electron chi connectivity index (χ1n) is 8.65. The molecule has 0 bridgehead atoms. The summed E-state index contributed by atoms with van der Waals surface area (Å²) in [6, 6.07) is 5.61. The van der Waals surface area contributed by atoms with Crippen LogP contribution in [-0.2, 0) is 14.3 Å². The smallest absolute Gasteiger partial charge is 0.331 e. The van der Waals surface area contributed by atoms with Crippen LogP contribution >= 0.6 is 0 Å². The zero-order chi connectivity index (χ0) is 17.6. The molecule has 1 saturated carbocycles. The summed E-state index contributed by atoms with van der Waals surface area (Å²) in [5, 5.41) is 2.84. The lowest BCUT2D eigenvalue weighted by atomic mass is 10.2. The van der Waals surface area contributed by atoms with E-state index in [4.69, 9.17) is 14.2 Å². The van der Waals surface area contributed by atoms with Crippen LogP contribution in [0.15, 0.2) is 24.3 Å². The van der Waals surface area contributed by atoms with E-state index >= 15 is 0 Å². The van der Waals surface area contributed by atoms with E-state index in [1.165, 1.54) is 6.08 Å². The van der Waals surface area contributed by atoms with Gasteiger partial charge in [0.25, 0.3) is 5.91 Å². The molecule has 1 aliphatic heterocycles. The van der Waals surface area contributed by atoms with Crippen molar-refractivity contribution >= 4 is 18.0 Å². The molecule has 1 aliphatic carbocycles. The zero-order valence-electron chi connectivity index (χ0n) is 14.3. The maximum absolute atomic E-state index is 11.8. The lowest BCUT2D eigenvalue weighted by Crippen LogP contribution is -2.36. The third-order valence-electron chi connectivity index (χ3n) is 4.25. The average molecular weight is 345 g/mol. The van der Waals surface area contributed by atoms with Crippen LogP contribution in [0.25, 0.3) is 6.08 Å². The molecule has 6 heteroatoms. The van der Waals surface area contributed by atoms with Crippen LogP contribution in [0.2, 0.25) is 0 Å². The SMILES string of the molecule is C[C@@H](NC(=O)COC(=O)/C=C/c1ccc2c(c1)OCCCO2)C1CC1. The Morgan fingerprint density at radius 2 is 2.04 bits per heavy atom. The number of ether oxygens (including phenoxy) is 3. The second kappa shape index (κ2) is 8.05. The van der Waals surface area contributed by atoms with Crippen LogP contribution in [0.4, 0.5) is 0 Å². The Morgan fingerprint density at radius 1 is 1.28 bits per heavy atom. The van der Waals surface area contributed by atoms with Crippen molar-refractivity contribution in [2.45, 2.75) is 32.2 Å². The van der Waals surface area contributed by atoms with Crippen LogP contribution in [-0.4, -0.2) is 37.7 Å². The van der Waals surface area contributed by atoms with Crippen LogP contribution in [0, 0.1) is 5.92 Å². The number of rotatable bonds is 6. The first-order chi connectivity index (χ1) is 12.1. The minimum absolute atomic E-state index is 0.142. The normalized spacial score (nSPS) is 17.6. The summed E-state index contributed by atoms with van der Waals surface area (Å²) < 4.78 is 16.1. The Morgan fingerprint density at radius 3 is 2.80 bits per heavy atom. The Labute approximate surface area is 147 Å². The van der Waals surface area contributed by atoms with Crippen LogP contribution in [0.5, 0.6) is 11.5 Å². The van der Waals surface area contributed by atoms with E-state index in [0.29, 0.717) is 30.6 Å². The highest BCUT2D eigenvalue weighted by atomic mass is 16.5. The van der Waals surface area contributed by atoms with Gasteiger partial charge in [-0.3, -0.25) is 4.79 Å². The molecule has 1 heterocycles. The van der Waals surface area contributed by atoms with Crippen molar-refractivity contribution in [3.8, 4) is 11.5 Å². The van der Waals surface area contributed by atoms with Crippen molar-refractivity contribution in [1.82, 2.24) is 5.32 Å². The summed E-state index contributed by atoms with van der Waals surface area (Å²) in [7, 11) is 0. The highest BCUT2D eigenvalue weighted by Gasteiger charge is 2.28. The molecule has 1 atom stereocenters. The molecule has 0 aromatic heterocycles. The van der Waals surface area contributed by atoms with Gasteiger partial charge in [0.1, 0.15) is 0 Å². The molecule has 134 valence electrons. The lowest BCUT2D eigenvalue weighted by Gasteiger charge is -2.12. The van der Waals surface area contributed by atoms with Crippen molar-refractivity contribution in [2.24, 2.45) is 5.92 Å². The Bertz CT molecular complexity index is 666. The predicted molar refractivity (Wildman–Crippen MR) is 92.4 cm³/mol. The monoisotopic (exact) mass is 345 g/mol. The molecule has 6 nitrogen and oxygen atoms in total. The molecule has 1 amide bonds. The third-order valence-corrected chi connectivity index (χ3v) is 4.25. The van der Waals surface area contributed by atoms with E-state index in [-0.39, 0.29) is 18.6 Å². The average Bonchev–Trinajstić information content (AvgIpc) is 3.44. The summed E-state index contributed by atoms with van der Waals surface area (Å²) in [5.74, 6) is 1.12. The molecule has 1 aromatic rings. The topological polar surface area (TPSA) is 73.9 Å². The van der Waals surface area contributed by atoms with Crippen molar-refractivity contribution in [1.29, 1.82) is 0 Å². The molecule has 2 aliphatic rings. The number of esters is 1. The Hall–Kier alpha value is -2.50. The highest BCUT2D eigenvalue weighted by Crippen LogP contribution is 2.32.